The highest BCUT2D eigenvalue weighted by Gasteiger charge is 2.08. The van der Waals surface area contributed by atoms with Crippen LogP contribution in [0.4, 0.5) is 11.5 Å². The van der Waals surface area contributed by atoms with Crippen LogP contribution < -0.4 is 15.4 Å². The lowest BCUT2D eigenvalue weighted by Crippen LogP contribution is -2.27. The first-order chi connectivity index (χ1) is 11.6. The van der Waals surface area contributed by atoms with E-state index in [1.807, 2.05) is 38.4 Å². The van der Waals surface area contributed by atoms with Crippen LogP contribution in [-0.4, -0.2) is 55.1 Å². The van der Waals surface area contributed by atoms with Gasteiger partial charge in [-0.2, -0.15) is 0 Å². The fourth-order valence-electron chi connectivity index (χ4n) is 2.09. The maximum absolute atomic E-state index is 12.1. The Labute approximate surface area is 142 Å². The number of aromatic nitrogens is 2. The van der Waals surface area contributed by atoms with Crippen molar-refractivity contribution in [1.29, 1.82) is 0 Å². The van der Waals surface area contributed by atoms with Crippen LogP contribution in [0.2, 0.25) is 0 Å². The SMILES string of the molecule is COc1cccc(Nc2cc(C(=O)NCCCN(C)C)ncn2)c1. The number of ether oxygens (including phenoxy) is 1. The third-order valence-corrected chi connectivity index (χ3v) is 3.31. The summed E-state index contributed by atoms with van der Waals surface area (Å²) < 4.78 is 5.19. The minimum absolute atomic E-state index is 0.204. The number of carbonyl (C=O) groups excluding carboxylic acids is 1. The summed E-state index contributed by atoms with van der Waals surface area (Å²) in [7, 11) is 5.62. The van der Waals surface area contributed by atoms with Gasteiger partial charge < -0.3 is 20.3 Å². The molecule has 0 spiro atoms. The number of rotatable bonds is 8. The number of benzene rings is 1. The summed E-state index contributed by atoms with van der Waals surface area (Å²) in [5.41, 5.74) is 1.16. The van der Waals surface area contributed by atoms with E-state index in [1.54, 1.807) is 13.2 Å². The van der Waals surface area contributed by atoms with Gasteiger partial charge >= 0.3 is 0 Å². The number of amides is 1. The molecule has 1 amide bonds. The number of nitrogens with zero attached hydrogens (tertiary/aromatic N) is 3. The first-order valence-corrected chi connectivity index (χ1v) is 7.74. The predicted octanol–water partition coefficient (Wildman–Crippen LogP) is 1.91. The van der Waals surface area contributed by atoms with E-state index in [2.05, 4.69) is 25.5 Å². The van der Waals surface area contributed by atoms with Crippen LogP contribution in [0.3, 0.4) is 0 Å². The first-order valence-electron chi connectivity index (χ1n) is 7.74. The van der Waals surface area contributed by atoms with E-state index in [1.165, 1.54) is 6.33 Å². The predicted molar refractivity (Wildman–Crippen MR) is 93.8 cm³/mol. The van der Waals surface area contributed by atoms with Crippen LogP contribution in [0.15, 0.2) is 36.7 Å². The Bertz CT molecular complexity index is 676. The smallest absolute Gasteiger partial charge is 0.270 e. The second-order valence-corrected chi connectivity index (χ2v) is 5.56. The molecule has 0 aliphatic heterocycles. The standard InChI is InChI=1S/C17H23N5O2/c1-22(2)9-5-8-18-17(23)15-11-16(20-12-19-15)21-13-6-4-7-14(10-13)24-3/h4,6-7,10-12H,5,8-9H2,1-3H3,(H,18,23)(H,19,20,21). The summed E-state index contributed by atoms with van der Waals surface area (Å²) in [5.74, 6) is 1.09. The lowest BCUT2D eigenvalue weighted by Gasteiger charge is -2.10. The van der Waals surface area contributed by atoms with Crippen LogP contribution in [0.25, 0.3) is 0 Å². The normalized spacial score (nSPS) is 10.5. The zero-order valence-electron chi connectivity index (χ0n) is 14.2. The molecule has 2 rings (SSSR count). The second-order valence-electron chi connectivity index (χ2n) is 5.56. The lowest BCUT2D eigenvalue weighted by molar-refractivity contribution is 0.0947. The average molecular weight is 329 g/mol. The van der Waals surface area contributed by atoms with Gasteiger partial charge in [-0.3, -0.25) is 4.79 Å². The largest absolute Gasteiger partial charge is 0.497 e. The van der Waals surface area contributed by atoms with Gasteiger partial charge in [0.05, 0.1) is 7.11 Å². The molecule has 0 saturated heterocycles. The van der Waals surface area contributed by atoms with Crippen molar-refractivity contribution in [2.75, 3.05) is 39.6 Å². The number of nitrogens with one attached hydrogen (secondary N) is 2. The molecule has 1 heterocycles. The van der Waals surface area contributed by atoms with Gasteiger partial charge in [-0.25, -0.2) is 9.97 Å². The maximum Gasteiger partial charge on any atom is 0.270 e. The summed E-state index contributed by atoms with van der Waals surface area (Å²) in [6.07, 6.45) is 2.26. The summed E-state index contributed by atoms with van der Waals surface area (Å²) in [4.78, 5) is 22.4. The van der Waals surface area contributed by atoms with E-state index in [0.29, 0.717) is 18.1 Å². The van der Waals surface area contributed by atoms with Crippen LogP contribution in [-0.2, 0) is 0 Å². The first kappa shape index (κ1) is 17.7. The minimum atomic E-state index is -0.204. The number of anilines is 2. The Kier molecular flexibility index (Phi) is 6.51. The molecule has 0 unspecified atom stereocenters. The van der Waals surface area contributed by atoms with E-state index in [0.717, 1.165) is 24.4 Å². The molecule has 0 bridgehead atoms. The van der Waals surface area contributed by atoms with Crippen LogP contribution in [0.1, 0.15) is 16.9 Å². The molecule has 128 valence electrons. The highest BCUT2D eigenvalue weighted by Crippen LogP contribution is 2.20. The molecule has 24 heavy (non-hydrogen) atoms. The third-order valence-electron chi connectivity index (χ3n) is 3.31. The lowest BCUT2D eigenvalue weighted by atomic mass is 10.3. The van der Waals surface area contributed by atoms with Crippen molar-refractivity contribution in [1.82, 2.24) is 20.2 Å². The van der Waals surface area contributed by atoms with E-state index in [9.17, 15) is 4.79 Å². The Hall–Kier alpha value is -2.67. The number of methoxy groups -OCH3 is 1. The average Bonchev–Trinajstić information content (AvgIpc) is 2.58. The Morgan fingerprint density at radius 1 is 1.25 bits per heavy atom. The monoisotopic (exact) mass is 329 g/mol. The summed E-state index contributed by atoms with van der Waals surface area (Å²) >= 11 is 0. The molecule has 0 radical (unpaired) electrons. The molecule has 0 atom stereocenters. The van der Waals surface area contributed by atoms with Crippen LogP contribution in [0, 0.1) is 0 Å². The summed E-state index contributed by atoms with van der Waals surface area (Å²) in [5, 5.41) is 6.00. The van der Waals surface area contributed by atoms with Gasteiger partial charge in [-0.1, -0.05) is 6.07 Å². The molecule has 0 fully saturated rings. The fourth-order valence-corrected chi connectivity index (χ4v) is 2.09. The van der Waals surface area contributed by atoms with Crippen molar-refractivity contribution in [2.45, 2.75) is 6.42 Å². The topological polar surface area (TPSA) is 79.4 Å². The molecule has 7 heteroatoms. The van der Waals surface area contributed by atoms with Gasteiger partial charge in [-0.15, -0.1) is 0 Å². The van der Waals surface area contributed by atoms with Gasteiger partial charge in [0.2, 0.25) is 0 Å². The molecule has 1 aromatic heterocycles. The van der Waals surface area contributed by atoms with Gasteiger partial charge in [0.15, 0.2) is 0 Å². The van der Waals surface area contributed by atoms with Crippen molar-refractivity contribution >= 4 is 17.4 Å². The zero-order chi connectivity index (χ0) is 17.4. The molecular weight excluding hydrogens is 306 g/mol. The Balaban J connectivity index is 1.96. The number of hydrogen-bond donors (Lipinski definition) is 2. The van der Waals surface area contributed by atoms with Crippen molar-refractivity contribution in [3.8, 4) is 5.75 Å². The molecule has 0 aliphatic carbocycles. The Morgan fingerprint density at radius 3 is 2.83 bits per heavy atom. The van der Waals surface area contributed by atoms with Gasteiger partial charge in [0.25, 0.3) is 5.91 Å². The van der Waals surface area contributed by atoms with Crippen molar-refractivity contribution in [2.24, 2.45) is 0 Å². The second kappa shape index (κ2) is 8.83. The van der Waals surface area contributed by atoms with Crippen molar-refractivity contribution in [3.05, 3.63) is 42.4 Å². The quantitative estimate of drug-likeness (QED) is 0.720. The maximum atomic E-state index is 12.1. The van der Waals surface area contributed by atoms with Crippen LogP contribution >= 0.6 is 0 Å². The van der Waals surface area contributed by atoms with E-state index < -0.39 is 0 Å². The number of carbonyl (C=O) groups is 1. The van der Waals surface area contributed by atoms with E-state index in [4.69, 9.17) is 4.74 Å². The minimum Gasteiger partial charge on any atom is -0.497 e. The van der Waals surface area contributed by atoms with Crippen molar-refractivity contribution in [3.63, 3.8) is 0 Å². The van der Waals surface area contributed by atoms with Gasteiger partial charge in [0.1, 0.15) is 23.6 Å². The van der Waals surface area contributed by atoms with Crippen molar-refractivity contribution < 1.29 is 9.53 Å². The highest BCUT2D eigenvalue weighted by atomic mass is 16.5. The summed E-state index contributed by atoms with van der Waals surface area (Å²) in [6, 6.07) is 9.11. The van der Waals surface area contributed by atoms with E-state index in [-0.39, 0.29) is 5.91 Å². The molecule has 1 aromatic carbocycles. The molecule has 7 nitrogen and oxygen atoms in total. The number of hydrogen-bond acceptors (Lipinski definition) is 6. The van der Waals surface area contributed by atoms with Gasteiger partial charge in [-0.05, 0) is 39.2 Å². The van der Waals surface area contributed by atoms with Crippen LogP contribution in [0.5, 0.6) is 5.75 Å². The molecule has 0 aliphatic rings. The fraction of sp³-hybridized carbons (Fsp3) is 0.353. The molecule has 2 N–H and O–H groups in total. The molecule has 2 aromatic rings. The summed E-state index contributed by atoms with van der Waals surface area (Å²) in [6.45, 7) is 1.53. The third kappa shape index (κ3) is 5.51. The van der Waals surface area contributed by atoms with Gasteiger partial charge in [0, 0.05) is 24.4 Å². The van der Waals surface area contributed by atoms with E-state index >= 15 is 0 Å². The Morgan fingerprint density at radius 2 is 2.08 bits per heavy atom. The zero-order valence-corrected chi connectivity index (χ0v) is 14.2. The highest BCUT2D eigenvalue weighted by molar-refractivity contribution is 5.92. The molecule has 0 saturated carbocycles. The molecular formula is C17H23N5O2.